The molecular formula is C21H25N5O. The number of rotatable bonds is 4. The largest absolute Gasteiger partial charge is 0.324 e. The number of nitrogens with one attached hydrogen (secondary N) is 1. The molecule has 0 bridgehead atoms. The van der Waals surface area contributed by atoms with Gasteiger partial charge in [0.25, 0.3) is 0 Å². The predicted molar refractivity (Wildman–Crippen MR) is 106 cm³/mol. The lowest BCUT2D eigenvalue weighted by Gasteiger charge is -2.20. The molecule has 140 valence electrons. The molecule has 1 aromatic heterocycles. The molecule has 3 rings (SSSR count). The number of amides is 1. The van der Waals surface area contributed by atoms with Gasteiger partial charge in [0.2, 0.25) is 11.9 Å². The van der Waals surface area contributed by atoms with Gasteiger partial charge in [-0.1, -0.05) is 39.8 Å². The third-order valence-corrected chi connectivity index (χ3v) is 5.16. The van der Waals surface area contributed by atoms with Gasteiger partial charge in [-0.2, -0.15) is 10.2 Å². The van der Waals surface area contributed by atoms with E-state index in [0.29, 0.717) is 31.2 Å². The molecule has 2 heterocycles. The van der Waals surface area contributed by atoms with Gasteiger partial charge in [0.05, 0.1) is 6.07 Å². The first kappa shape index (κ1) is 18.8. The van der Waals surface area contributed by atoms with Crippen LogP contribution in [0.15, 0.2) is 36.5 Å². The van der Waals surface area contributed by atoms with Crippen LogP contribution in [0.3, 0.4) is 0 Å². The summed E-state index contributed by atoms with van der Waals surface area (Å²) in [7, 11) is 0. The van der Waals surface area contributed by atoms with E-state index in [-0.39, 0.29) is 11.3 Å². The molecule has 0 spiro atoms. The fourth-order valence-electron chi connectivity index (χ4n) is 3.24. The summed E-state index contributed by atoms with van der Waals surface area (Å²) in [5, 5.41) is 12.6. The Hall–Kier alpha value is -2.94. The standard InChI is InChI=1S/C21H25N5O/c1-5-21(14-22)11-13-26(18(21)27)17-10-12-23-19(25-17)24-16-8-6-15(7-9-16)20(2,3)4/h6-10,12H,5,11,13H2,1-4H3,(H,23,24,25). The molecule has 1 N–H and O–H groups in total. The van der Waals surface area contributed by atoms with E-state index in [0.717, 1.165) is 5.69 Å². The zero-order valence-corrected chi connectivity index (χ0v) is 16.3. The number of carbonyl (C=O) groups is 1. The minimum Gasteiger partial charge on any atom is -0.324 e. The summed E-state index contributed by atoms with van der Waals surface area (Å²) in [4.78, 5) is 23.0. The maximum Gasteiger partial charge on any atom is 0.248 e. The summed E-state index contributed by atoms with van der Waals surface area (Å²) in [5.41, 5.74) is 1.30. The van der Waals surface area contributed by atoms with Crippen LogP contribution >= 0.6 is 0 Å². The maximum absolute atomic E-state index is 12.7. The molecule has 6 heteroatoms. The van der Waals surface area contributed by atoms with Gasteiger partial charge in [0, 0.05) is 18.4 Å². The zero-order valence-electron chi connectivity index (χ0n) is 16.3. The Balaban J connectivity index is 1.79. The van der Waals surface area contributed by atoms with Crippen molar-refractivity contribution in [3.05, 3.63) is 42.1 Å². The molecule has 0 aliphatic carbocycles. The van der Waals surface area contributed by atoms with Crippen LogP contribution < -0.4 is 10.2 Å². The number of nitriles is 1. The topological polar surface area (TPSA) is 81.9 Å². The molecule has 1 aliphatic heterocycles. The minimum absolute atomic E-state index is 0.0948. The Morgan fingerprint density at radius 2 is 1.96 bits per heavy atom. The van der Waals surface area contributed by atoms with E-state index in [4.69, 9.17) is 0 Å². The summed E-state index contributed by atoms with van der Waals surface area (Å²) in [6.45, 7) is 8.89. The second-order valence-corrected chi connectivity index (χ2v) is 7.95. The lowest BCUT2D eigenvalue weighted by Crippen LogP contribution is -2.33. The van der Waals surface area contributed by atoms with Crippen LogP contribution in [0.4, 0.5) is 17.5 Å². The van der Waals surface area contributed by atoms with Crippen molar-refractivity contribution in [1.82, 2.24) is 9.97 Å². The number of anilines is 3. The third kappa shape index (κ3) is 3.63. The second-order valence-electron chi connectivity index (χ2n) is 7.95. The van der Waals surface area contributed by atoms with Gasteiger partial charge in [-0.15, -0.1) is 0 Å². The smallest absolute Gasteiger partial charge is 0.248 e. The Kier molecular flexibility index (Phi) is 4.88. The summed E-state index contributed by atoms with van der Waals surface area (Å²) in [6, 6.07) is 12.1. The van der Waals surface area contributed by atoms with Gasteiger partial charge >= 0.3 is 0 Å². The van der Waals surface area contributed by atoms with Crippen molar-refractivity contribution < 1.29 is 4.79 Å². The van der Waals surface area contributed by atoms with Crippen LogP contribution in [0.1, 0.15) is 46.1 Å². The second kappa shape index (κ2) is 6.99. The Bertz CT molecular complexity index is 879. The van der Waals surface area contributed by atoms with E-state index in [2.05, 4.69) is 54.3 Å². The highest BCUT2D eigenvalue weighted by Crippen LogP contribution is 2.36. The summed E-state index contributed by atoms with van der Waals surface area (Å²) < 4.78 is 0. The Morgan fingerprint density at radius 3 is 2.52 bits per heavy atom. The van der Waals surface area contributed by atoms with Crippen molar-refractivity contribution in [2.75, 3.05) is 16.8 Å². The fraction of sp³-hybridized carbons (Fsp3) is 0.429. The number of hydrogen-bond donors (Lipinski definition) is 1. The normalized spacial score (nSPS) is 19.8. The molecule has 1 atom stereocenters. The van der Waals surface area contributed by atoms with Crippen molar-refractivity contribution in [3.63, 3.8) is 0 Å². The van der Waals surface area contributed by atoms with E-state index >= 15 is 0 Å². The maximum atomic E-state index is 12.7. The molecular weight excluding hydrogens is 338 g/mol. The van der Waals surface area contributed by atoms with E-state index in [1.54, 1.807) is 17.2 Å². The zero-order chi connectivity index (χ0) is 19.7. The number of benzene rings is 1. The van der Waals surface area contributed by atoms with Gasteiger partial charge in [-0.05, 0) is 42.0 Å². The first-order valence-electron chi connectivity index (χ1n) is 9.23. The number of aromatic nitrogens is 2. The highest BCUT2D eigenvalue weighted by Gasteiger charge is 2.46. The van der Waals surface area contributed by atoms with Crippen LogP contribution in [-0.4, -0.2) is 22.4 Å². The highest BCUT2D eigenvalue weighted by atomic mass is 16.2. The molecule has 1 aromatic carbocycles. The quantitative estimate of drug-likeness (QED) is 0.881. The first-order chi connectivity index (χ1) is 12.8. The number of nitrogens with zero attached hydrogens (tertiary/aromatic N) is 4. The van der Waals surface area contributed by atoms with Crippen LogP contribution in [-0.2, 0) is 10.2 Å². The summed E-state index contributed by atoms with van der Waals surface area (Å²) in [6.07, 6.45) is 2.66. The average Bonchev–Trinajstić information content (AvgIpc) is 2.98. The van der Waals surface area contributed by atoms with Crippen LogP contribution in [0, 0.1) is 16.7 Å². The minimum atomic E-state index is -0.929. The average molecular weight is 363 g/mol. The molecule has 1 fully saturated rings. The van der Waals surface area contributed by atoms with Crippen LogP contribution in [0.2, 0.25) is 0 Å². The van der Waals surface area contributed by atoms with Gasteiger partial charge < -0.3 is 5.32 Å². The van der Waals surface area contributed by atoms with Crippen molar-refractivity contribution >= 4 is 23.4 Å². The van der Waals surface area contributed by atoms with Crippen LogP contribution in [0.5, 0.6) is 0 Å². The third-order valence-electron chi connectivity index (χ3n) is 5.16. The Labute approximate surface area is 160 Å². The van der Waals surface area contributed by atoms with Gasteiger partial charge in [0.15, 0.2) is 0 Å². The highest BCUT2D eigenvalue weighted by molar-refractivity contribution is 6.01. The molecule has 1 amide bonds. The van der Waals surface area contributed by atoms with Crippen molar-refractivity contribution in [2.24, 2.45) is 5.41 Å². The molecule has 27 heavy (non-hydrogen) atoms. The van der Waals surface area contributed by atoms with E-state index in [1.807, 2.05) is 19.1 Å². The van der Waals surface area contributed by atoms with Crippen LogP contribution in [0.25, 0.3) is 0 Å². The van der Waals surface area contributed by atoms with Crippen molar-refractivity contribution in [2.45, 2.75) is 46.0 Å². The fourth-order valence-corrected chi connectivity index (χ4v) is 3.24. The number of carbonyl (C=O) groups excluding carboxylic acids is 1. The first-order valence-corrected chi connectivity index (χ1v) is 9.23. The summed E-state index contributed by atoms with van der Waals surface area (Å²) in [5.74, 6) is 0.774. The van der Waals surface area contributed by atoms with E-state index in [9.17, 15) is 10.1 Å². The molecule has 2 aromatic rings. The van der Waals surface area contributed by atoms with E-state index < -0.39 is 5.41 Å². The SMILES string of the molecule is CCC1(C#N)CCN(c2ccnc(Nc3ccc(C(C)(C)C)cc3)n2)C1=O. The molecule has 1 saturated heterocycles. The molecule has 6 nitrogen and oxygen atoms in total. The lowest BCUT2D eigenvalue weighted by molar-refractivity contribution is -0.123. The monoisotopic (exact) mass is 363 g/mol. The van der Waals surface area contributed by atoms with Gasteiger partial charge in [-0.25, -0.2) is 4.98 Å². The number of hydrogen-bond acceptors (Lipinski definition) is 5. The molecule has 1 unspecified atom stereocenters. The van der Waals surface area contributed by atoms with Gasteiger partial charge in [-0.3, -0.25) is 9.69 Å². The molecule has 0 radical (unpaired) electrons. The van der Waals surface area contributed by atoms with Crippen molar-refractivity contribution in [3.8, 4) is 6.07 Å². The van der Waals surface area contributed by atoms with Gasteiger partial charge in [0.1, 0.15) is 11.2 Å². The Morgan fingerprint density at radius 1 is 1.26 bits per heavy atom. The summed E-state index contributed by atoms with van der Waals surface area (Å²) >= 11 is 0. The van der Waals surface area contributed by atoms with Crippen molar-refractivity contribution in [1.29, 1.82) is 5.26 Å². The molecule has 0 saturated carbocycles. The lowest BCUT2D eigenvalue weighted by atomic mass is 9.85. The molecule has 1 aliphatic rings. The predicted octanol–water partition coefficient (Wildman–Crippen LogP) is 4.17. The van der Waals surface area contributed by atoms with E-state index in [1.165, 1.54) is 5.56 Å².